The van der Waals surface area contributed by atoms with Crippen molar-refractivity contribution in [1.29, 1.82) is 0 Å². The fourth-order valence-electron chi connectivity index (χ4n) is 0. The van der Waals surface area contributed by atoms with Gasteiger partial charge in [-0.15, -0.1) is 0 Å². The van der Waals surface area contributed by atoms with Crippen molar-refractivity contribution in [3.8, 4) is 0 Å². The predicted molar refractivity (Wildman–Crippen MR) is 15.6 cm³/mol. The van der Waals surface area contributed by atoms with E-state index >= 15 is 0 Å². The minimum absolute atomic E-state index is 0. The molecule has 0 amide bonds. The van der Waals surface area contributed by atoms with Crippen LogP contribution in [0, 0.1) is 0 Å². The third kappa shape index (κ3) is 554. The molecule has 4 nitrogen and oxygen atoms in total. The van der Waals surface area contributed by atoms with E-state index in [-0.39, 0.29) is 21.9 Å². The summed E-state index contributed by atoms with van der Waals surface area (Å²) in [6.07, 6.45) is 0. The quantitative estimate of drug-likeness (QED) is 0.325. The van der Waals surface area contributed by atoms with Crippen LogP contribution in [0.15, 0.2) is 0 Å². The van der Waals surface area contributed by atoms with E-state index in [0.717, 1.165) is 0 Å². The second kappa shape index (κ2) is 1160. The third-order valence-electron chi connectivity index (χ3n) is 0. The van der Waals surface area contributed by atoms with Gasteiger partial charge in [-0.25, -0.2) is 0 Å². The first-order valence-corrected chi connectivity index (χ1v) is 0.589. The van der Waals surface area contributed by atoms with Gasteiger partial charge in [-0.1, -0.05) is 0 Å². The Labute approximate surface area is 42.9 Å². The molecule has 0 spiro atoms. The van der Waals surface area contributed by atoms with E-state index in [1.165, 1.54) is 16.5 Å². The van der Waals surface area contributed by atoms with E-state index in [9.17, 15) is 3.55 Å². The predicted octanol–water partition coefficient (Wildman–Crippen LogP) is -2.88. The maximum atomic E-state index is 9.31. The molecule has 0 aromatic heterocycles. The molecule has 0 saturated carbocycles. The van der Waals surface area contributed by atoms with Gasteiger partial charge in [0.1, 0.15) is 0 Å². The van der Waals surface area contributed by atoms with E-state index in [0.29, 0.717) is 0 Å². The Kier molecular flexibility index (Phi) is 20500. The van der Waals surface area contributed by atoms with Gasteiger partial charge in [0.25, 0.3) is 0 Å². The molecule has 0 atom stereocenters. The summed E-state index contributed by atoms with van der Waals surface area (Å²) in [6.45, 7) is 0. The van der Waals surface area contributed by atoms with E-state index < -0.39 is 0 Å². The molecule has 6 heavy (non-hydrogen) atoms. The first-order chi connectivity index (χ1) is 1.00. The molecule has 46 valence electrons. The second-order valence-corrected chi connectivity index (χ2v) is 0. The summed E-state index contributed by atoms with van der Waals surface area (Å²) in [6, 6.07) is 0. The molecule has 0 radical (unpaired) electrons. The molecular weight excluding hydrogens is 138 g/mol. The van der Waals surface area contributed by atoms with Crippen molar-refractivity contribution in [2.45, 2.75) is 0 Å². The Bertz CT molecular complexity index is 7.51. The van der Waals surface area contributed by atoms with Crippen LogP contribution >= 0.6 is 0 Å². The molecule has 0 rings (SSSR count). The summed E-state index contributed by atoms with van der Waals surface area (Å²) in [4.78, 5) is 0. The number of hydrogen-bond acceptors (Lipinski definition) is 0. The van der Waals surface area contributed by atoms with Crippen LogP contribution in [-0.2, 0) is 16.5 Å². The van der Waals surface area contributed by atoms with Gasteiger partial charge in [0.15, 0.2) is 0 Å². The molecule has 0 aliphatic rings. The second-order valence-electron chi connectivity index (χ2n) is 0. The summed E-state index contributed by atoms with van der Waals surface area (Å²) in [5.74, 6) is 0. The number of halogens is 1. The Balaban J connectivity index is -0.000000000833. The number of rotatable bonds is 0. The Morgan fingerprint density at radius 2 is 0.667 bits per heavy atom. The third-order valence-corrected chi connectivity index (χ3v) is 0. The first-order valence-electron chi connectivity index (χ1n) is 0.143. The van der Waals surface area contributed by atoms with Gasteiger partial charge in [-0.05, 0) is 0 Å². The minimum atomic E-state index is 0. The van der Waals surface area contributed by atoms with Crippen molar-refractivity contribution < 1.29 is 41.9 Å². The van der Waals surface area contributed by atoms with Gasteiger partial charge < -0.3 is 21.9 Å². The number of hydrogen-bond donors (Lipinski definition) is 0. The van der Waals surface area contributed by atoms with E-state index in [1.54, 1.807) is 0 Å². The molecule has 0 saturated heterocycles. The van der Waals surface area contributed by atoms with Crippen LogP contribution in [0.5, 0.6) is 0 Å². The summed E-state index contributed by atoms with van der Waals surface area (Å²) >= 11 is 1.44. The van der Waals surface area contributed by atoms with Crippen LogP contribution in [0.4, 0.5) is 3.55 Å². The van der Waals surface area contributed by atoms with Gasteiger partial charge in [0.05, 0.1) is 0 Å². The van der Waals surface area contributed by atoms with E-state index in [2.05, 4.69) is 0 Å². The molecule has 0 aromatic carbocycles. The van der Waals surface area contributed by atoms with Crippen LogP contribution in [0.1, 0.15) is 0 Å². The van der Waals surface area contributed by atoms with Crippen molar-refractivity contribution in [1.82, 2.24) is 0 Å². The summed E-state index contributed by atoms with van der Waals surface area (Å²) in [7, 11) is 0. The fourth-order valence-corrected chi connectivity index (χ4v) is 0. The molecular formula is H8FMnO4. The summed E-state index contributed by atoms with van der Waals surface area (Å²) < 4.78 is 9.31. The van der Waals surface area contributed by atoms with Crippen LogP contribution in [0.25, 0.3) is 0 Å². The van der Waals surface area contributed by atoms with Crippen molar-refractivity contribution in [3.05, 3.63) is 0 Å². The normalized spacial score (nSPS) is 1.00. The van der Waals surface area contributed by atoms with Gasteiger partial charge in [0, 0.05) is 0 Å². The SMILES string of the molecule is O.O.O.O.[F][Mn]. The standard InChI is InChI=1S/FH.Mn.4H2O/h1H;;4*1H2/q;+1;;;;/p-1. The topological polar surface area (TPSA) is 126 Å². The molecule has 8 N–H and O–H groups in total. The fraction of sp³-hybridized carbons (Fsp3) is 0. The molecule has 0 aliphatic heterocycles. The summed E-state index contributed by atoms with van der Waals surface area (Å²) in [5.41, 5.74) is 0. The van der Waals surface area contributed by atoms with Gasteiger partial charge in [-0.2, -0.15) is 0 Å². The zero-order chi connectivity index (χ0) is 2.00. The first kappa shape index (κ1) is 106. The Hall–Kier alpha value is 0.289. The van der Waals surface area contributed by atoms with E-state index in [1.807, 2.05) is 0 Å². The van der Waals surface area contributed by atoms with Crippen molar-refractivity contribution in [2.24, 2.45) is 0 Å². The van der Waals surface area contributed by atoms with Crippen molar-refractivity contribution >= 4 is 0 Å². The maximum absolute atomic E-state index is 9.31. The monoisotopic (exact) mass is 146 g/mol. The van der Waals surface area contributed by atoms with Crippen LogP contribution in [0.3, 0.4) is 0 Å². The Morgan fingerprint density at radius 1 is 0.667 bits per heavy atom. The Morgan fingerprint density at radius 3 is 0.667 bits per heavy atom. The molecule has 0 unspecified atom stereocenters. The molecule has 0 heterocycles. The molecule has 6 heteroatoms. The van der Waals surface area contributed by atoms with Gasteiger partial charge >= 0.3 is 20.0 Å². The van der Waals surface area contributed by atoms with E-state index in [4.69, 9.17) is 0 Å². The average molecular weight is 146 g/mol. The average Bonchev–Trinajstić information content (AvgIpc) is 1.00. The zero-order valence-electron chi connectivity index (χ0n) is 2.76. The molecule has 0 fully saturated rings. The van der Waals surface area contributed by atoms with Gasteiger partial charge in [-0.3, -0.25) is 0 Å². The van der Waals surface area contributed by atoms with Gasteiger partial charge in [0.2, 0.25) is 0 Å². The molecule has 0 aliphatic carbocycles. The van der Waals surface area contributed by atoms with Crippen molar-refractivity contribution in [3.63, 3.8) is 0 Å². The van der Waals surface area contributed by atoms with Crippen molar-refractivity contribution in [2.75, 3.05) is 0 Å². The molecule has 0 aromatic rings. The van der Waals surface area contributed by atoms with Crippen LogP contribution in [-0.4, -0.2) is 21.9 Å². The summed E-state index contributed by atoms with van der Waals surface area (Å²) in [5, 5.41) is 0. The van der Waals surface area contributed by atoms with Crippen LogP contribution in [0.2, 0.25) is 0 Å². The van der Waals surface area contributed by atoms with Crippen LogP contribution < -0.4 is 0 Å². The zero-order valence-corrected chi connectivity index (χ0v) is 3.94. The molecule has 0 bridgehead atoms.